The zero-order valence-corrected chi connectivity index (χ0v) is 14.5. The molecule has 3 aromatic rings. The fraction of sp³-hybridized carbons (Fsp3) is 0.125. The molecule has 0 saturated carbocycles. The predicted molar refractivity (Wildman–Crippen MR) is 93.1 cm³/mol. The zero-order valence-electron chi connectivity index (χ0n) is 12.9. The van der Waals surface area contributed by atoms with Crippen LogP contribution in [0.1, 0.15) is 5.56 Å². The summed E-state index contributed by atoms with van der Waals surface area (Å²) in [5, 5.41) is 3.53. The molecule has 134 valence electrons. The number of carbonyl (C=O) groups excluding carboxylic acids is 1. The molecule has 0 radical (unpaired) electrons. The van der Waals surface area contributed by atoms with E-state index < -0.39 is 17.6 Å². The Morgan fingerprint density at radius 3 is 2.69 bits per heavy atom. The van der Waals surface area contributed by atoms with Crippen molar-refractivity contribution < 1.29 is 18.0 Å². The minimum Gasteiger partial charge on any atom is -0.309 e. The molecule has 2 aromatic heterocycles. The third kappa shape index (κ3) is 4.23. The summed E-state index contributed by atoms with van der Waals surface area (Å²) in [6.07, 6.45) is -2.54. The molecule has 10 heteroatoms. The molecule has 3 rings (SSSR count). The second-order valence-corrected chi connectivity index (χ2v) is 6.46. The third-order valence-corrected chi connectivity index (χ3v) is 4.57. The number of alkyl halides is 3. The van der Waals surface area contributed by atoms with E-state index in [2.05, 4.69) is 20.3 Å². The number of benzene rings is 1. The third-order valence-electron chi connectivity index (χ3n) is 3.27. The van der Waals surface area contributed by atoms with Crippen LogP contribution in [-0.4, -0.2) is 26.6 Å². The molecular weight excluding hydrogens is 389 g/mol. The molecular formula is C16H10ClF3N4OS. The van der Waals surface area contributed by atoms with Gasteiger partial charge >= 0.3 is 6.18 Å². The van der Waals surface area contributed by atoms with Crippen molar-refractivity contribution in [1.29, 1.82) is 0 Å². The van der Waals surface area contributed by atoms with Crippen molar-refractivity contribution in [2.24, 2.45) is 0 Å². The second kappa shape index (κ2) is 7.46. The van der Waals surface area contributed by atoms with Crippen LogP contribution in [0.25, 0.3) is 10.9 Å². The number of nitrogens with zero attached hydrogens (tertiary/aromatic N) is 3. The largest absolute Gasteiger partial charge is 0.417 e. The van der Waals surface area contributed by atoms with Gasteiger partial charge in [-0.3, -0.25) is 4.79 Å². The lowest BCUT2D eigenvalue weighted by molar-refractivity contribution is -0.137. The van der Waals surface area contributed by atoms with Crippen LogP contribution in [0.2, 0.25) is 5.02 Å². The molecule has 1 N–H and O–H groups in total. The minimum atomic E-state index is -4.55. The molecule has 2 heterocycles. The zero-order chi connectivity index (χ0) is 18.7. The molecule has 0 aliphatic heterocycles. The molecule has 0 spiro atoms. The predicted octanol–water partition coefficient (Wildman–Crippen LogP) is 4.43. The summed E-state index contributed by atoms with van der Waals surface area (Å²) in [7, 11) is 0. The van der Waals surface area contributed by atoms with Crippen LogP contribution in [0.5, 0.6) is 0 Å². The summed E-state index contributed by atoms with van der Waals surface area (Å²) < 4.78 is 37.8. The first-order valence-electron chi connectivity index (χ1n) is 7.20. The maximum atomic E-state index is 12.6. The standard InChI is InChI=1S/C16H10ClF3N4OS/c17-11-5-9(16(18,19)20)6-21-14(11)24-13(25)7-26-15-10-3-1-2-4-12(10)22-8-23-15/h1-6,8H,7H2,(H,21,24,25). The highest BCUT2D eigenvalue weighted by atomic mass is 35.5. The van der Waals surface area contributed by atoms with Gasteiger partial charge in [0.1, 0.15) is 11.4 Å². The summed E-state index contributed by atoms with van der Waals surface area (Å²) in [5.41, 5.74) is -0.236. The van der Waals surface area contributed by atoms with Gasteiger partial charge in [0, 0.05) is 11.6 Å². The summed E-state index contributed by atoms with van der Waals surface area (Å²) >= 11 is 6.95. The normalized spacial score (nSPS) is 11.5. The van der Waals surface area contributed by atoms with E-state index >= 15 is 0 Å². The number of anilines is 1. The fourth-order valence-electron chi connectivity index (χ4n) is 2.08. The fourth-order valence-corrected chi connectivity index (χ4v) is 3.09. The van der Waals surface area contributed by atoms with E-state index in [9.17, 15) is 18.0 Å². The Balaban J connectivity index is 1.68. The number of hydrogen-bond acceptors (Lipinski definition) is 5. The molecule has 0 unspecified atom stereocenters. The molecule has 26 heavy (non-hydrogen) atoms. The number of fused-ring (bicyclic) bond motifs is 1. The van der Waals surface area contributed by atoms with Crippen LogP contribution in [0, 0.1) is 0 Å². The lowest BCUT2D eigenvalue weighted by Crippen LogP contribution is -2.16. The number of para-hydroxylation sites is 1. The van der Waals surface area contributed by atoms with Crippen molar-refractivity contribution in [3.8, 4) is 0 Å². The average molecular weight is 399 g/mol. The van der Waals surface area contributed by atoms with Crippen molar-refractivity contribution in [3.63, 3.8) is 0 Å². The summed E-state index contributed by atoms with van der Waals surface area (Å²) in [6.45, 7) is 0. The molecule has 0 aliphatic rings. The first-order valence-corrected chi connectivity index (χ1v) is 8.56. The summed E-state index contributed by atoms with van der Waals surface area (Å²) in [6, 6.07) is 8.06. The number of aromatic nitrogens is 3. The van der Waals surface area contributed by atoms with Crippen LogP contribution in [0.4, 0.5) is 19.0 Å². The number of nitrogens with one attached hydrogen (secondary N) is 1. The number of amides is 1. The number of carbonyl (C=O) groups is 1. The van der Waals surface area contributed by atoms with Gasteiger partial charge in [-0.05, 0) is 12.1 Å². The number of rotatable bonds is 4. The van der Waals surface area contributed by atoms with E-state index in [0.29, 0.717) is 11.2 Å². The van der Waals surface area contributed by atoms with Crippen LogP contribution in [-0.2, 0) is 11.0 Å². The van der Waals surface area contributed by atoms with Crippen LogP contribution in [0.15, 0.2) is 47.9 Å². The topological polar surface area (TPSA) is 67.8 Å². The van der Waals surface area contributed by atoms with E-state index in [1.807, 2.05) is 24.3 Å². The average Bonchev–Trinajstić information content (AvgIpc) is 2.60. The van der Waals surface area contributed by atoms with E-state index in [-0.39, 0.29) is 16.6 Å². The molecule has 1 aromatic carbocycles. The quantitative estimate of drug-likeness (QED) is 0.520. The van der Waals surface area contributed by atoms with Crippen molar-refractivity contribution in [3.05, 3.63) is 53.4 Å². The maximum Gasteiger partial charge on any atom is 0.417 e. The van der Waals surface area contributed by atoms with Crippen molar-refractivity contribution in [2.75, 3.05) is 11.1 Å². The van der Waals surface area contributed by atoms with Gasteiger partial charge in [-0.15, -0.1) is 0 Å². The van der Waals surface area contributed by atoms with Gasteiger partial charge in [-0.2, -0.15) is 13.2 Å². The monoisotopic (exact) mass is 398 g/mol. The smallest absolute Gasteiger partial charge is 0.309 e. The number of thioether (sulfide) groups is 1. The Morgan fingerprint density at radius 2 is 1.96 bits per heavy atom. The highest BCUT2D eigenvalue weighted by Crippen LogP contribution is 2.32. The Labute approximate surface area is 155 Å². The second-order valence-electron chi connectivity index (χ2n) is 5.09. The minimum absolute atomic E-state index is 0.0139. The maximum absolute atomic E-state index is 12.6. The van der Waals surface area contributed by atoms with E-state index in [0.717, 1.165) is 17.0 Å². The van der Waals surface area contributed by atoms with Crippen LogP contribution < -0.4 is 5.32 Å². The first kappa shape index (κ1) is 18.4. The number of hydrogen-bond donors (Lipinski definition) is 1. The highest BCUT2D eigenvalue weighted by molar-refractivity contribution is 8.00. The SMILES string of the molecule is O=C(CSc1ncnc2ccccc12)Nc1ncc(C(F)(F)F)cc1Cl. The Morgan fingerprint density at radius 1 is 1.19 bits per heavy atom. The van der Waals surface area contributed by atoms with Crippen molar-refractivity contribution >= 4 is 46.0 Å². The Hall–Kier alpha value is -2.39. The first-order chi connectivity index (χ1) is 12.3. The van der Waals surface area contributed by atoms with Gasteiger partial charge in [0.25, 0.3) is 0 Å². The van der Waals surface area contributed by atoms with Gasteiger partial charge in [0.2, 0.25) is 5.91 Å². The Kier molecular flexibility index (Phi) is 5.28. The molecule has 5 nitrogen and oxygen atoms in total. The highest BCUT2D eigenvalue weighted by Gasteiger charge is 2.31. The van der Waals surface area contributed by atoms with E-state index in [1.165, 1.54) is 18.1 Å². The van der Waals surface area contributed by atoms with E-state index in [4.69, 9.17) is 11.6 Å². The lowest BCUT2D eigenvalue weighted by atomic mass is 10.2. The Bertz CT molecular complexity index is 962. The van der Waals surface area contributed by atoms with Gasteiger partial charge < -0.3 is 5.32 Å². The van der Waals surface area contributed by atoms with Gasteiger partial charge in [-0.25, -0.2) is 15.0 Å². The van der Waals surface area contributed by atoms with Gasteiger partial charge in [-0.1, -0.05) is 41.6 Å². The molecule has 0 fully saturated rings. The molecule has 0 atom stereocenters. The van der Waals surface area contributed by atoms with Crippen molar-refractivity contribution in [1.82, 2.24) is 15.0 Å². The van der Waals surface area contributed by atoms with E-state index in [1.54, 1.807) is 0 Å². The molecule has 0 bridgehead atoms. The number of pyridine rings is 1. The summed E-state index contributed by atoms with van der Waals surface area (Å²) in [5.74, 6) is -0.607. The van der Waals surface area contributed by atoms with Gasteiger partial charge in [0.05, 0.1) is 21.9 Å². The van der Waals surface area contributed by atoms with Crippen LogP contribution in [0.3, 0.4) is 0 Å². The number of halogens is 4. The lowest BCUT2D eigenvalue weighted by Gasteiger charge is -2.10. The van der Waals surface area contributed by atoms with Gasteiger partial charge in [0.15, 0.2) is 5.82 Å². The summed E-state index contributed by atoms with van der Waals surface area (Å²) in [4.78, 5) is 23.9. The van der Waals surface area contributed by atoms with Crippen molar-refractivity contribution in [2.45, 2.75) is 11.2 Å². The van der Waals surface area contributed by atoms with Crippen LogP contribution >= 0.6 is 23.4 Å². The molecule has 1 amide bonds. The molecule has 0 aliphatic carbocycles. The molecule has 0 saturated heterocycles.